The fourth-order valence-corrected chi connectivity index (χ4v) is 0.364. The van der Waals surface area contributed by atoms with E-state index < -0.39 is 0 Å². The van der Waals surface area contributed by atoms with Gasteiger partial charge in [-0.15, -0.1) is 0 Å². The van der Waals surface area contributed by atoms with E-state index in [-0.39, 0.29) is 6.01 Å². The summed E-state index contributed by atoms with van der Waals surface area (Å²) in [6.45, 7) is 0.869. The summed E-state index contributed by atoms with van der Waals surface area (Å²) in [6, 6.07) is 0.237. The Morgan fingerprint density at radius 3 is 3.11 bits per heavy atom. The number of aromatic amines is 1. The number of nitrogens with two attached hydrogens (primary N) is 1. The van der Waals surface area contributed by atoms with E-state index in [1.54, 1.807) is 0 Å². The molecule has 0 saturated carbocycles. The molecule has 0 radical (unpaired) electrons. The highest BCUT2D eigenvalue weighted by atomic mass is 16.5. The van der Waals surface area contributed by atoms with Crippen LogP contribution in [0.2, 0.25) is 0 Å². The summed E-state index contributed by atoms with van der Waals surface area (Å²) in [6.07, 6.45) is 0. The van der Waals surface area contributed by atoms with Crippen LogP contribution >= 0.6 is 0 Å². The van der Waals surface area contributed by atoms with E-state index in [1.165, 1.54) is 0 Å². The molecule has 0 aliphatic rings. The average Bonchev–Trinajstić information content (AvgIpc) is 2.34. The van der Waals surface area contributed by atoms with Gasteiger partial charge in [-0.3, -0.25) is 0 Å². The Kier molecular flexibility index (Phi) is 1.97. The molecular formula is C3H7N5O. The second-order valence-corrected chi connectivity index (χ2v) is 1.33. The number of ether oxygens (including phenoxy) is 1. The molecule has 50 valence electrons. The molecule has 0 spiro atoms. The van der Waals surface area contributed by atoms with Gasteiger partial charge < -0.3 is 10.5 Å². The molecule has 1 rings (SSSR count). The van der Waals surface area contributed by atoms with Crippen LogP contribution in [0, 0.1) is 0 Å². The van der Waals surface area contributed by atoms with Crippen LogP contribution in [0.3, 0.4) is 0 Å². The number of H-pyrrole nitrogens is 1. The number of hydrogen-bond acceptors (Lipinski definition) is 5. The van der Waals surface area contributed by atoms with Gasteiger partial charge in [0.05, 0.1) is 0 Å². The van der Waals surface area contributed by atoms with E-state index in [4.69, 9.17) is 10.5 Å². The van der Waals surface area contributed by atoms with E-state index in [0.29, 0.717) is 13.2 Å². The number of rotatable bonds is 3. The first kappa shape index (κ1) is 5.96. The van der Waals surface area contributed by atoms with Crippen LogP contribution in [-0.2, 0) is 0 Å². The van der Waals surface area contributed by atoms with Gasteiger partial charge in [0.1, 0.15) is 6.61 Å². The van der Waals surface area contributed by atoms with Gasteiger partial charge in [-0.2, -0.15) is 5.21 Å². The van der Waals surface area contributed by atoms with Gasteiger partial charge in [0, 0.05) is 6.54 Å². The van der Waals surface area contributed by atoms with Crippen molar-refractivity contribution >= 4 is 0 Å². The second kappa shape index (κ2) is 2.98. The molecule has 0 unspecified atom stereocenters. The lowest BCUT2D eigenvalue weighted by Gasteiger charge is -1.93. The Bertz CT molecular complexity index is 149. The van der Waals surface area contributed by atoms with Crippen molar-refractivity contribution in [2.75, 3.05) is 13.2 Å². The zero-order valence-electron chi connectivity index (χ0n) is 4.74. The molecule has 0 aliphatic heterocycles. The van der Waals surface area contributed by atoms with Gasteiger partial charge in [-0.1, -0.05) is 10.2 Å². The van der Waals surface area contributed by atoms with Crippen molar-refractivity contribution in [2.24, 2.45) is 5.73 Å². The van der Waals surface area contributed by atoms with Crippen LogP contribution < -0.4 is 10.5 Å². The van der Waals surface area contributed by atoms with Gasteiger partial charge >= 0.3 is 6.01 Å². The number of hydrogen-bond donors (Lipinski definition) is 2. The van der Waals surface area contributed by atoms with Crippen LogP contribution in [0.15, 0.2) is 0 Å². The first-order valence-electron chi connectivity index (χ1n) is 2.50. The van der Waals surface area contributed by atoms with Crippen LogP contribution in [0.5, 0.6) is 6.01 Å². The average molecular weight is 129 g/mol. The van der Waals surface area contributed by atoms with E-state index in [0.717, 1.165) is 0 Å². The fraction of sp³-hybridized carbons (Fsp3) is 0.667. The highest BCUT2D eigenvalue weighted by molar-refractivity contribution is 4.80. The molecule has 0 aromatic carbocycles. The topological polar surface area (TPSA) is 89.7 Å². The number of nitrogens with one attached hydrogen (secondary N) is 1. The van der Waals surface area contributed by atoms with E-state index in [2.05, 4.69) is 20.6 Å². The molecule has 0 amide bonds. The lowest BCUT2D eigenvalue weighted by Crippen LogP contribution is -2.11. The van der Waals surface area contributed by atoms with Gasteiger partial charge in [-0.25, -0.2) is 0 Å². The van der Waals surface area contributed by atoms with Crippen LogP contribution in [0.4, 0.5) is 0 Å². The Morgan fingerprint density at radius 2 is 2.56 bits per heavy atom. The van der Waals surface area contributed by atoms with Crippen molar-refractivity contribution in [3.8, 4) is 6.01 Å². The molecule has 6 heteroatoms. The Labute approximate surface area is 51.4 Å². The molecular weight excluding hydrogens is 122 g/mol. The molecule has 1 heterocycles. The lowest BCUT2D eigenvalue weighted by atomic mass is 10.7. The number of aromatic nitrogens is 4. The van der Waals surface area contributed by atoms with E-state index >= 15 is 0 Å². The quantitative estimate of drug-likeness (QED) is 0.520. The minimum Gasteiger partial charge on any atom is -0.460 e. The highest BCUT2D eigenvalue weighted by Crippen LogP contribution is 1.91. The zero-order chi connectivity index (χ0) is 6.53. The minimum atomic E-state index is 0.237. The summed E-state index contributed by atoms with van der Waals surface area (Å²) < 4.78 is 4.85. The molecule has 0 aliphatic carbocycles. The van der Waals surface area contributed by atoms with Crippen LogP contribution in [0.1, 0.15) is 0 Å². The van der Waals surface area contributed by atoms with Gasteiger partial charge in [0.15, 0.2) is 0 Å². The standard InChI is InChI=1S/C3H7N5O/c4-1-2-9-3-5-7-8-6-3/h1-2,4H2,(H,5,6,7,8). The van der Waals surface area contributed by atoms with E-state index in [9.17, 15) is 0 Å². The van der Waals surface area contributed by atoms with Gasteiger partial charge in [0.25, 0.3) is 0 Å². The summed E-state index contributed by atoms with van der Waals surface area (Å²) in [7, 11) is 0. The van der Waals surface area contributed by atoms with Crippen LogP contribution in [0.25, 0.3) is 0 Å². The van der Waals surface area contributed by atoms with Crippen LogP contribution in [-0.4, -0.2) is 33.8 Å². The third-order valence-electron chi connectivity index (χ3n) is 0.675. The molecule has 0 atom stereocenters. The van der Waals surface area contributed by atoms with Crippen molar-refractivity contribution < 1.29 is 4.74 Å². The molecule has 0 saturated heterocycles. The maximum Gasteiger partial charge on any atom is 0.355 e. The fourth-order valence-electron chi connectivity index (χ4n) is 0.364. The highest BCUT2D eigenvalue weighted by Gasteiger charge is 1.93. The monoisotopic (exact) mass is 129 g/mol. The first-order valence-corrected chi connectivity index (χ1v) is 2.50. The van der Waals surface area contributed by atoms with Gasteiger partial charge in [0.2, 0.25) is 0 Å². The zero-order valence-corrected chi connectivity index (χ0v) is 4.74. The van der Waals surface area contributed by atoms with Crippen molar-refractivity contribution in [2.45, 2.75) is 0 Å². The Hall–Kier alpha value is -1.17. The SMILES string of the molecule is NCCOc1nn[nH]n1. The molecule has 1 aromatic rings. The predicted octanol–water partition coefficient (Wildman–Crippen LogP) is -1.46. The number of tetrazole rings is 1. The smallest absolute Gasteiger partial charge is 0.355 e. The third kappa shape index (κ3) is 1.65. The second-order valence-electron chi connectivity index (χ2n) is 1.33. The molecule has 0 fully saturated rings. The minimum absolute atomic E-state index is 0.237. The van der Waals surface area contributed by atoms with Crippen molar-refractivity contribution in [1.82, 2.24) is 20.6 Å². The van der Waals surface area contributed by atoms with Crippen molar-refractivity contribution in [3.05, 3.63) is 0 Å². The largest absolute Gasteiger partial charge is 0.460 e. The maximum absolute atomic E-state index is 5.13. The number of nitrogens with zero attached hydrogens (tertiary/aromatic N) is 3. The summed E-state index contributed by atoms with van der Waals surface area (Å²) in [4.78, 5) is 0. The predicted molar refractivity (Wildman–Crippen MR) is 28.7 cm³/mol. The maximum atomic E-state index is 5.13. The summed E-state index contributed by atoms with van der Waals surface area (Å²) in [5, 5.41) is 12.6. The van der Waals surface area contributed by atoms with Gasteiger partial charge in [-0.05, 0) is 5.21 Å². The molecule has 3 N–H and O–H groups in total. The van der Waals surface area contributed by atoms with Crippen molar-refractivity contribution in [1.29, 1.82) is 0 Å². The Balaban J connectivity index is 2.30. The van der Waals surface area contributed by atoms with Crippen molar-refractivity contribution in [3.63, 3.8) is 0 Å². The molecule has 6 nitrogen and oxygen atoms in total. The molecule has 1 aromatic heterocycles. The normalized spacial score (nSPS) is 9.44. The Morgan fingerprint density at radius 1 is 1.67 bits per heavy atom. The first-order chi connectivity index (χ1) is 4.43. The summed E-state index contributed by atoms with van der Waals surface area (Å²) in [5.41, 5.74) is 5.13. The molecule has 9 heavy (non-hydrogen) atoms. The third-order valence-corrected chi connectivity index (χ3v) is 0.675. The summed E-state index contributed by atoms with van der Waals surface area (Å²) in [5.74, 6) is 0. The summed E-state index contributed by atoms with van der Waals surface area (Å²) >= 11 is 0. The lowest BCUT2D eigenvalue weighted by molar-refractivity contribution is 0.302. The van der Waals surface area contributed by atoms with E-state index in [1.807, 2.05) is 0 Å². The molecule has 0 bridgehead atoms.